The van der Waals surface area contributed by atoms with Gasteiger partial charge in [0.1, 0.15) is 5.75 Å². The van der Waals surface area contributed by atoms with Crippen molar-refractivity contribution < 1.29 is 17.9 Å². The first-order valence-electron chi connectivity index (χ1n) is 9.71. The number of amides is 1. The third kappa shape index (κ3) is 5.27. The highest BCUT2D eigenvalue weighted by Gasteiger charge is 2.33. The normalized spacial score (nSPS) is 17.5. The van der Waals surface area contributed by atoms with Crippen molar-refractivity contribution in [1.29, 1.82) is 0 Å². The first-order valence-corrected chi connectivity index (χ1v) is 11.9. The maximum Gasteiger partial charge on any atom is 0.243 e. The Bertz CT molecular complexity index is 1020. The second-order valence-corrected chi connectivity index (χ2v) is 10.0. The lowest BCUT2D eigenvalue weighted by molar-refractivity contribution is -0.120. The lowest BCUT2D eigenvalue weighted by Crippen LogP contribution is -2.43. The summed E-state index contributed by atoms with van der Waals surface area (Å²) in [5, 5.41) is 3.62. The van der Waals surface area contributed by atoms with Crippen molar-refractivity contribution in [2.45, 2.75) is 31.6 Å². The van der Waals surface area contributed by atoms with Gasteiger partial charge in [-0.1, -0.05) is 23.2 Å². The first kappa shape index (κ1) is 22.9. The molecule has 1 aliphatic heterocycles. The van der Waals surface area contributed by atoms with Gasteiger partial charge in [0, 0.05) is 28.8 Å². The highest BCUT2D eigenvalue weighted by Crippen LogP contribution is 2.29. The molecule has 1 atom stereocenters. The second kappa shape index (κ2) is 9.56. The maximum absolute atomic E-state index is 13.1. The van der Waals surface area contributed by atoms with Gasteiger partial charge in [0.25, 0.3) is 0 Å². The molecule has 1 amide bonds. The van der Waals surface area contributed by atoms with Gasteiger partial charge in [-0.3, -0.25) is 4.79 Å². The van der Waals surface area contributed by atoms with Crippen molar-refractivity contribution >= 4 is 44.8 Å². The number of hydrogen-bond acceptors (Lipinski definition) is 4. The summed E-state index contributed by atoms with van der Waals surface area (Å²) >= 11 is 12.0. The molecule has 6 nitrogen and oxygen atoms in total. The number of aryl methyl sites for hydroxylation is 1. The van der Waals surface area contributed by atoms with Crippen LogP contribution in [0.4, 0.5) is 5.69 Å². The summed E-state index contributed by atoms with van der Waals surface area (Å²) in [7, 11) is -3.71. The molecule has 1 N–H and O–H groups in total. The number of benzene rings is 2. The highest BCUT2D eigenvalue weighted by atomic mass is 35.5. The summed E-state index contributed by atoms with van der Waals surface area (Å²) in [4.78, 5) is 12.9. The highest BCUT2D eigenvalue weighted by molar-refractivity contribution is 7.89. The molecule has 1 fully saturated rings. The van der Waals surface area contributed by atoms with Crippen LogP contribution in [0.3, 0.4) is 0 Å². The molecule has 30 heavy (non-hydrogen) atoms. The molecular weight excluding hydrogens is 447 g/mol. The van der Waals surface area contributed by atoms with Gasteiger partial charge in [0.15, 0.2) is 0 Å². The Labute approximate surface area is 187 Å². The smallest absolute Gasteiger partial charge is 0.243 e. The lowest BCUT2D eigenvalue weighted by Gasteiger charge is -2.31. The van der Waals surface area contributed by atoms with Crippen LogP contribution in [0.15, 0.2) is 41.3 Å². The third-order valence-corrected chi connectivity index (χ3v) is 7.27. The van der Waals surface area contributed by atoms with Crippen LogP contribution in [0.1, 0.15) is 25.3 Å². The number of carbonyl (C=O) groups is 1. The maximum atomic E-state index is 13.1. The quantitative estimate of drug-likeness (QED) is 0.661. The van der Waals surface area contributed by atoms with Crippen LogP contribution in [-0.2, 0) is 14.8 Å². The molecule has 1 saturated heterocycles. The molecular formula is C21H24Cl2N2O4S. The van der Waals surface area contributed by atoms with E-state index in [0.29, 0.717) is 47.5 Å². The fourth-order valence-electron chi connectivity index (χ4n) is 3.49. The van der Waals surface area contributed by atoms with Gasteiger partial charge in [-0.05, 0) is 68.7 Å². The van der Waals surface area contributed by atoms with E-state index in [4.69, 9.17) is 27.9 Å². The topological polar surface area (TPSA) is 75.7 Å². The van der Waals surface area contributed by atoms with E-state index >= 15 is 0 Å². The van der Waals surface area contributed by atoms with E-state index < -0.39 is 15.9 Å². The van der Waals surface area contributed by atoms with Crippen LogP contribution in [0, 0.1) is 12.8 Å². The molecule has 0 unspecified atom stereocenters. The van der Waals surface area contributed by atoms with Crippen LogP contribution in [0.2, 0.25) is 10.0 Å². The van der Waals surface area contributed by atoms with Crippen LogP contribution in [0.25, 0.3) is 0 Å². The summed E-state index contributed by atoms with van der Waals surface area (Å²) in [6, 6.07) is 9.61. The molecule has 2 aromatic rings. The predicted molar refractivity (Wildman–Crippen MR) is 119 cm³/mol. The zero-order valence-corrected chi connectivity index (χ0v) is 19.1. The molecule has 0 spiro atoms. The number of rotatable bonds is 6. The van der Waals surface area contributed by atoms with Crippen LogP contribution >= 0.6 is 23.2 Å². The van der Waals surface area contributed by atoms with E-state index in [9.17, 15) is 13.2 Å². The Kier molecular flexibility index (Phi) is 7.29. The summed E-state index contributed by atoms with van der Waals surface area (Å²) in [6.45, 7) is 4.69. The van der Waals surface area contributed by atoms with Crippen molar-refractivity contribution in [3.05, 3.63) is 52.0 Å². The Balaban J connectivity index is 1.74. The van der Waals surface area contributed by atoms with Gasteiger partial charge in [-0.2, -0.15) is 4.31 Å². The van der Waals surface area contributed by atoms with Gasteiger partial charge in [0.05, 0.1) is 17.4 Å². The number of ether oxygens (including phenoxy) is 1. The Hall–Kier alpha value is -1.80. The molecule has 2 aromatic carbocycles. The second-order valence-electron chi connectivity index (χ2n) is 7.21. The standard InChI is InChI=1S/C21H24Cl2N2O4S/c1-3-29-20-7-6-19(9-14(20)2)30(27,28)25-8-4-5-15(13-25)21(26)24-18-11-16(22)10-17(23)12-18/h6-7,9-12,15H,3-5,8,13H2,1-2H3,(H,24,26)/t15-/m1/s1. The SMILES string of the molecule is CCOc1ccc(S(=O)(=O)N2CCC[C@@H](C(=O)Nc3cc(Cl)cc(Cl)c3)C2)cc1C. The molecule has 0 aliphatic carbocycles. The minimum atomic E-state index is -3.71. The molecule has 162 valence electrons. The first-order chi connectivity index (χ1) is 14.2. The summed E-state index contributed by atoms with van der Waals surface area (Å²) < 4.78 is 33.2. The lowest BCUT2D eigenvalue weighted by atomic mass is 9.99. The zero-order chi connectivity index (χ0) is 21.9. The molecule has 0 radical (unpaired) electrons. The monoisotopic (exact) mass is 470 g/mol. The molecule has 3 rings (SSSR count). The number of anilines is 1. The Morgan fingerprint density at radius 1 is 1.20 bits per heavy atom. The molecule has 1 aliphatic rings. The molecule has 0 aromatic heterocycles. The Morgan fingerprint density at radius 2 is 1.90 bits per heavy atom. The minimum Gasteiger partial charge on any atom is -0.494 e. The van der Waals surface area contributed by atoms with Gasteiger partial charge in [-0.25, -0.2) is 8.42 Å². The van der Waals surface area contributed by atoms with Crippen molar-refractivity contribution in [3.63, 3.8) is 0 Å². The van der Waals surface area contributed by atoms with E-state index in [2.05, 4.69) is 5.32 Å². The third-order valence-electron chi connectivity index (χ3n) is 4.97. The van der Waals surface area contributed by atoms with E-state index in [1.807, 2.05) is 13.8 Å². The number of hydrogen-bond donors (Lipinski definition) is 1. The fourth-order valence-corrected chi connectivity index (χ4v) is 5.63. The summed E-state index contributed by atoms with van der Waals surface area (Å²) in [5.41, 5.74) is 1.24. The molecule has 1 heterocycles. The number of carbonyl (C=O) groups excluding carboxylic acids is 1. The van der Waals surface area contributed by atoms with Gasteiger partial charge in [0.2, 0.25) is 15.9 Å². The summed E-state index contributed by atoms with van der Waals surface area (Å²) in [5.74, 6) is -0.0567. The van der Waals surface area contributed by atoms with Crippen molar-refractivity contribution in [2.75, 3.05) is 25.0 Å². The van der Waals surface area contributed by atoms with Crippen LogP contribution in [0.5, 0.6) is 5.75 Å². The minimum absolute atomic E-state index is 0.120. The molecule has 9 heteroatoms. The summed E-state index contributed by atoms with van der Waals surface area (Å²) in [6.07, 6.45) is 1.21. The number of nitrogens with one attached hydrogen (secondary N) is 1. The molecule has 0 saturated carbocycles. The number of halogens is 2. The van der Waals surface area contributed by atoms with E-state index in [0.717, 1.165) is 5.56 Å². The van der Waals surface area contributed by atoms with Crippen LogP contribution in [-0.4, -0.2) is 38.3 Å². The van der Waals surface area contributed by atoms with Crippen molar-refractivity contribution in [3.8, 4) is 5.75 Å². The zero-order valence-electron chi connectivity index (χ0n) is 16.8. The average molecular weight is 471 g/mol. The van der Waals surface area contributed by atoms with E-state index in [-0.39, 0.29) is 17.3 Å². The number of sulfonamides is 1. The number of nitrogens with zero attached hydrogens (tertiary/aromatic N) is 1. The van der Waals surface area contributed by atoms with Crippen molar-refractivity contribution in [2.24, 2.45) is 5.92 Å². The van der Waals surface area contributed by atoms with Gasteiger partial charge < -0.3 is 10.1 Å². The van der Waals surface area contributed by atoms with E-state index in [1.54, 1.807) is 36.4 Å². The number of piperidine rings is 1. The largest absolute Gasteiger partial charge is 0.494 e. The molecule has 0 bridgehead atoms. The predicted octanol–water partition coefficient (Wildman–Crippen LogP) is 4.74. The fraction of sp³-hybridized carbons (Fsp3) is 0.381. The average Bonchev–Trinajstić information content (AvgIpc) is 2.69. The van der Waals surface area contributed by atoms with Gasteiger partial charge in [-0.15, -0.1) is 0 Å². The van der Waals surface area contributed by atoms with Gasteiger partial charge >= 0.3 is 0 Å². The Morgan fingerprint density at radius 3 is 2.53 bits per heavy atom. The van der Waals surface area contributed by atoms with Crippen molar-refractivity contribution in [1.82, 2.24) is 4.31 Å². The van der Waals surface area contributed by atoms with E-state index in [1.165, 1.54) is 4.31 Å². The van der Waals surface area contributed by atoms with Crippen LogP contribution < -0.4 is 10.1 Å².